The van der Waals surface area contributed by atoms with Crippen molar-refractivity contribution in [1.29, 1.82) is 0 Å². The molecular weight excluding hydrogens is 328 g/mol. The van der Waals surface area contributed by atoms with Crippen LogP contribution in [0.25, 0.3) is 11.6 Å². The Labute approximate surface area is 153 Å². The first-order valence-electron chi connectivity index (χ1n) is 9.05. The number of likely N-dealkylation sites (N-methyl/N-ethyl adjacent to an activating group) is 1. The summed E-state index contributed by atoms with van der Waals surface area (Å²) in [4.78, 5) is 11.9. The number of furan rings is 1. The van der Waals surface area contributed by atoms with E-state index >= 15 is 0 Å². The van der Waals surface area contributed by atoms with Crippen molar-refractivity contribution in [1.82, 2.24) is 24.6 Å². The van der Waals surface area contributed by atoms with E-state index in [2.05, 4.69) is 29.3 Å². The van der Waals surface area contributed by atoms with Gasteiger partial charge in [-0.1, -0.05) is 0 Å². The fraction of sp³-hybridized carbons (Fsp3) is 0.421. The number of hydrogen-bond donors (Lipinski definition) is 1. The topological polar surface area (TPSA) is 72.0 Å². The second-order valence-electron chi connectivity index (χ2n) is 6.88. The fourth-order valence-corrected chi connectivity index (χ4v) is 3.31. The Kier molecular flexibility index (Phi) is 4.71. The van der Waals surface area contributed by atoms with Crippen LogP contribution in [0.3, 0.4) is 0 Å². The van der Waals surface area contributed by atoms with Crippen molar-refractivity contribution < 1.29 is 4.42 Å². The Morgan fingerprint density at radius 1 is 1.23 bits per heavy atom. The van der Waals surface area contributed by atoms with Crippen LogP contribution in [0.4, 0.5) is 5.82 Å². The molecule has 7 nitrogen and oxygen atoms in total. The highest BCUT2D eigenvalue weighted by molar-refractivity contribution is 5.56. The van der Waals surface area contributed by atoms with E-state index in [0.29, 0.717) is 11.6 Å². The summed E-state index contributed by atoms with van der Waals surface area (Å²) >= 11 is 0. The molecule has 3 aromatic heterocycles. The Bertz CT molecular complexity index is 843. The lowest BCUT2D eigenvalue weighted by molar-refractivity contribution is 0.352. The van der Waals surface area contributed by atoms with Crippen molar-refractivity contribution in [3.63, 3.8) is 0 Å². The van der Waals surface area contributed by atoms with E-state index in [1.807, 2.05) is 29.1 Å². The van der Waals surface area contributed by atoms with Gasteiger partial charge in [0.2, 0.25) is 0 Å². The normalized spacial score (nSPS) is 16.1. The van der Waals surface area contributed by atoms with E-state index in [1.165, 1.54) is 5.56 Å². The quantitative estimate of drug-likeness (QED) is 0.760. The molecule has 0 bridgehead atoms. The second kappa shape index (κ2) is 7.29. The summed E-state index contributed by atoms with van der Waals surface area (Å²) in [6.07, 6.45) is 7.30. The molecule has 7 heteroatoms. The summed E-state index contributed by atoms with van der Waals surface area (Å²) in [6, 6.07) is 5.90. The minimum absolute atomic E-state index is 0.194. The average molecular weight is 352 g/mol. The van der Waals surface area contributed by atoms with Crippen molar-refractivity contribution in [2.75, 3.05) is 25.5 Å². The maximum absolute atomic E-state index is 5.53. The maximum atomic E-state index is 5.53. The van der Waals surface area contributed by atoms with E-state index in [0.717, 1.165) is 44.0 Å². The Balaban J connectivity index is 1.66. The molecule has 0 unspecified atom stereocenters. The molecular formula is C19H24N6O. The maximum Gasteiger partial charge on any atom is 0.197 e. The summed E-state index contributed by atoms with van der Waals surface area (Å²) in [6.45, 7) is 4.94. The fourth-order valence-electron chi connectivity index (χ4n) is 3.31. The van der Waals surface area contributed by atoms with E-state index in [-0.39, 0.29) is 6.04 Å². The zero-order chi connectivity index (χ0) is 17.9. The van der Waals surface area contributed by atoms with Gasteiger partial charge in [0, 0.05) is 43.5 Å². The summed E-state index contributed by atoms with van der Waals surface area (Å²) in [5.41, 5.74) is 2.33. The van der Waals surface area contributed by atoms with Crippen LogP contribution in [0.5, 0.6) is 0 Å². The number of anilines is 1. The van der Waals surface area contributed by atoms with Gasteiger partial charge in [-0.2, -0.15) is 5.10 Å². The highest BCUT2D eigenvalue weighted by atomic mass is 16.3. The molecule has 0 amide bonds. The zero-order valence-electron chi connectivity index (χ0n) is 15.2. The van der Waals surface area contributed by atoms with Gasteiger partial charge in [0.1, 0.15) is 5.82 Å². The number of hydrogen-bond acceptors (Lipinski definition) is 6. The summed E-state index contributed by atoms with van der Waals surface area (Å²) in [7, 11) is 2.15. The van der Waals surface area contributed by atoms with E-state index < -0.39 is 0 Å². The molecule has 1 N–H and O–H groups in total. The van der Waals surface area contributed by atoms with Crippen molar-refractivity contribution in [3.8, 4) is 11.6 Å². The number of nitrogens with one attached hydrogen (secondary N) is 1. The van der Waals surface area contributed by atoms with Gasteiger partial charge in [-0.05, 0) is 38.6 Å². The summed E-state index contributed by atoms with van der Waals surface area (Å²) in [5, 5.41) is 7.87. The van der Waals surface area contributed by atoms with Gasteiger partial charge in [0.05, 0.1) is 18.5 Å². The van der Waals surface area contributed by atoms with Crippen LogP contribution < -0.4 is 5.32 Å². The van der Waals surface area contributed by atoms with Crippen LogP contribution in [0.15, 0.2) is 41.3 Å². The number of rotatable bonds is 5. The van der Waals surface area contributed by atoms with Gasteiger partial charge in [-0.15, -0.1) is 0 Å². The molecule has 1 aliphatic heterocycles. The molecule has 136 valence electrons. The SMILES string of the molecule is C[C@@H](Cn1cccn1)Nc1nc(-c2ccco2)nc2c1CCN(C)CC2. The molecule has 0 saturated carbocycles. The van der Waals surface area contributed by atoms with Gasteiger partial charge >= 0.3 is 0 Å². The van der Waals surface area contributed by atoms with Crippen molar-refractivity contribution >= 4 is 5.82 Å². The first-order valence-corrected chi connectivity index (χ1v) is 9.05. The van der Waals surface area contributed by atoms with Gasteiger partial charge < -0.3 is 14.6 Å². The van der Waals surface area contributed by atoms with Crippen LogP contribution in [-0.2, 0) is 19.4 Å². The van der Waals surface area contributed by atoms with Crippen molar-refractivity contribution in [3.05, 3.63) is 48.1 Å². The van der Waals surface area contributed by atoms with Crippen molar-refractivity contribution in [2.24, 2.45) is 0 Å². The zero-order valence-corrected chi connectivity index (χ0v) is 15.2. The van der Waals surface area contributed by atoms with Gasteiger partial charge in [0.15, 0.2) is 11.6 Å². The van der Waals surface area contributed by atoms with Gasteiger partial charge in [-0.25, -0.2) is 9.97 Å². The minimum atomic E-state index is 0.194. The standard InChI is InChI=1S/C19H24N6O/c1-14(13-25-9-4-8-20-25)21-18-15-6-10-24(2)11-7-16(15)22-19(23-18)17-5-3-12-26-17/h3-5,8-9,12,14H,6-7,10-11,13H2,1-2H3,(H,21,22,23)/t14-/m0/s1. The monoisotopic (exact) mass is 352 g/mol. The lowest BCUT2D eigenvalue weighted by atomic mass is 10.1. The Morgan fingerprint density at radius 3 is 2.88 bits per heavy atom. The third-order valence-electron chi connectivity index (χ3n) is 4.71. The lowest BCUT2D eigenvalue weighted by Gasteiger charge is -2.19. The number of aromatic nitrogens is 4. The van der Waals surface area contributed by atoms with Crippen LogP contribution in [-0.4, -0.2) is 50.8 Å². The van der Waals surface area contributed by atoms with Gasteiger partial charge in [-0.3, -0.25) is 4.68 Å². The lowest BCUT2D eigenvalue weighted by Crippen LogP contribution is -2.24. The first kappa shape index (κ1) is 16.8. The minimum Gasteiger partial charge on any atom is -0.461 e. The molecule has 1 atom stereocenters. The molecule has 4 heterocycles. The number of nitrogens with zero attached hydrogens (tertiary/aromatic N) is 5. The molecule has 0 fully saturated rings. The van der Waals surface area contributed by atoms with Gasteiger partial charge in [0.25, 0.3) is 0 Å². The molecule has 0 aliphatic carbocycles. The highest BCUT2D eigenvalue weighted by Crippen LogP contribution is 2.26. The van der Waals surface area contributed by atoms with E-state index in [4.69, 9.17) is 14.4 Å². The van der Waals surface area contributed by atoms with Crippen LogP contribution in [0.2, 0.25) is 0 Å². The van der Waals surface area contributed by atoms with E-state index in [1.54, 1.807) is 12.5 Å². The highest BCUT2D eigenvalue weighted by Gasteiger charge is 2.21. The molecule has 4 rings (SSSR count). The molecule has 1 aliphatic rings. The summed E-state index contributed by atoms with van der Waals surface area (Å²) in [5.74, 6) is 2.26. The average Bonchev–Trinajstić information content (AvgIpc) is 3.29. The van der Waals surface area contributed by atoms with Crippen LogP contribution >= 0.6 is 0 Å². The molecule has 0 saturated heterocycles. The molecule has 0 spiro atoms. The summed E-state index contributed by atoms with van der Waals surface area (Å²) < 4.78 is 7.46. The predicted octanol–water partition coefficient (Wildman–Crippen LogP) is 2.46. The van der Waals surface area contributed by atoms with E-state index in [9.17, 15) is 0 Å². The first-order chi connectivity index (χ1) is 12.7. The van der Waals surface area contributed by atoms with Crippen LogP contribution in [0.1, 0.15) is 18.2 Å². The molecule has 0 radical (unpaired) electrons. The molecule has 26 heavy (non-hydrogen) atoms. The smallest absolute Gasteiger partial charge is 0.197 e. The second-order valence-corrected chi connectivity index (χ2v) is 6.88. The predicted molar refractivity (Wildman–Crippen MR) is 100.0 cm³/mol. The van der Waals surface area contributed by atoms with Crippen LogP contribution in [0, 0.1) is 0 Å². The largest absolute Gasteiger partial charge is 0.461 e. The Hall–Kier alpha value is -2.67. The molecule has 3 aromatic rings. The third-order valence-corrected chi connectivity index (χ3v) is 4.71. The third kappa shape index (κ3) is 3.62. The molecule has 0 aromatic carbocycles. The van der Waals surface area contributed by atoms with Crippen molar-refractivity contribution in [2.45, 2.75) is 32.4 Å². The Morgan fingerprint density at radius 2 is 2.12 bits per heavy atom. The number of fused-ring (bicyclic) bond motifs is 1.